The first-order valence-electron chi connectivity index (χ1n) is 14.4. The number of benzene rings is 3. The van der Waals surface area contributed by atoms with Crippen molar-refractivity contribution < 1.29 is 19.0 Å². The third-order valence-electron chi connectivity index (χ3n) is 6.29. The summed E-state index contributed by atoms with van der Waals surface area (Å²) in [6.45, 7) is 5.85. The van der Waals surface area contributed by atoms with Gasteiger partial charge in [0.1, 0.15) is 17.2 Å². The molecule has 3 aromatic rings. The Hall–Kier alpha value is -3.67. The molecule has 0 bridgehead atoms. The van der Waals surface area contributed by atoms with Gasteiger partial charge in [-0.15, -0.1) is 0 Å². The van der Waals surface area contributed by atoms with Crippen molar-refractivity contribution in [1.29, 1.82) is 0 Å². The van der Waals surface area contributed by atoms with Crippen LogP contribution >= 0.6 is 0 Å². The minimum absolute atomic E-state index is 0.417. The van der Waals surface area contributed by atoms with Gasteiger partial charge in [0.05, 0.1) is 30.2 Å². The summed E-state index contributed by atoms with van der Waals surface area (Å²) < 4.78 is 17.1. The number of carbonyl (C=O) groups is 1. The molecular formula is C33H42N2O4. The number of carbonyl (C=O) groups excluding carboxylic acids is 1. The molecule has 3 aromatic carbocycles. The van der Waals surface area contributed by atoms with Crippen molar-refractivity contribution in [3.63, 3.8) is 0 Å². The molecule has 0 N–H and O–H groups in total. The molecule has 0 heterocycles. The Morgan fingerprint density at radius 1 is 0.538 bits per heavy atom. The van der Waals surface area contributed by atoms with Crippen LogP contribution in [0.1, 0.15) is 88.4 Å². The van der Waals surface area contributed by atoms with Gasteiger partial charge < -0.3 is 14.2 Å². The third-order valence-corrected chi connectivity index (χ3v) is 6.29. The van der Waals surface area contributed by atoms with E-state index in [0.717, 1.165) is 36.6 Å². The number of hydrogen-bond acceptors (Lipinski definition) is 6. The Kier molecular flexibility index (Phi) is 13.6. The van der Waals surface area contributed by atoms with Crippen molar-refractivity contribution in [2.75, 3.05) is 13.2 Å². The van der Waals surface area contributed by atoms with E-state index in [2.05, 4.69) is 24.1 Å². The molecule has 6 heteroatoms. The molecule has 0 saturated carbocycles. The number of rotatable bonds is 18. The lowest BCUT2D eigenvalue weighted by molar-refractivity contribution is 0.0734. The summed E-state index contributed by atoms with van der Waals surface area (Å²) in [4.78, 5) is 12.5. The lowest BCUT2D eigenvalue weighted by atomic mass is 10.1. The summed E-state index contributed by atoms with van der Waals surface area (Å²) in [5.74, 6) is 1.63. The summed E-state index contributed by atoms with van der Waals surface area (Å²) in [6.07, 6.45) is 12.1. The highest BCUT2D eigenvalue weighted by Gasteiger charge is 2.09. The monoisotopic (exact) mass is 530 g/mol. The Bertz CT molecular complexity index is 1110. The van der Waals surface area contributed by atoms with Gasteiger partial charge in [-0.2, -0.15) is 10.2 Å². The molecule has 0 aliphatic heterocycles. The SMILES string of the molecule is CCCCCCCCOc1ccc(C(=O)Oc2ccc(N=Nc3ccc(OCCCCCC)cc3)cc2)cc1. The molecule has 0 fully saturated rings. The normalized spacial score (nSPS) is 11.0. The number of nitrogens with zero attached hydrogens (tertiary/aromatic N) is 2. The first-order valence-corrected chi connectivity index (χ1v) is 14.4. The van der Waals surface area contributed by atoms with Crippen LogP contribution in [0.5, 0.6) is 17.2 Å². The number of azo groups is 1. The summed E-state index contributed by atoms with van der Waals surface area (Å²) in [6, 6.07) is 21.6. The maximum atomic E-state index is 12.5. The van der Waals surface area contributed by atoms with Gasteiger partial charge in [-0.25, -0.2) is 4.79 Å². The Morgan fingerprint density at radius 3 is 1.46 bits per heavy atom. The van der Waals surface area contributed by atoms with Gasteiger partial charge in [-0.05, 0) is 85.6 Å². The molecule has 0 radical (unpaired) electrons. The van der Waals surface area contributed by atoms with Crippen molar-refractivity contribution in [2.45, 2.75) is 78.1 Å². The van der Waals surface area contributed by atoms with Crippen LogP contribution in [0.25, 0.3) is 0 Å². The molecule has 3 rings (SSSR count). The van der Waals surface area contributed by atoms with Crippen LogP contribution in [0.3, 0.4) is 0 Å². The molecule has 0 aliphatic rings. The summed E-state index contributed by atoms with van der Waals surface area (Å²) >= 11 is 0. The minimum Gasteiger partial charge on any atom is -0.494 e. The third kappa shape index (κ3) is 11.7. The fourth-order valence-electron chi connectivity index (χ4n) is 3.95. The van der Waals surface area contributed by atoms with Crippen molar-refractivity contribution in [3.05, 3.63) is 78.4 Å². The van der Waals surface area contributed by atoms with Crippen LogP contribution in [0.15, 0.2) is 83.0 Å². The summed E-state index contributed by atoms with van der Waals surface area (Å²) in [5.41, 5.74) is 1.88. The van der Waals surface area contributed by atoms with E-state index < -0.39 is 5.97 Å². The summed E-state index contributed by atoms with van der Waals surface area (Å²) in [7, 11) is 0. The fraction of sp³-hybridized carbons (Fsp3) is 0.424. The first kappa shape index (κ1) is 29.9. The molecule has 0 aliphatic carbocycles. The quantitative estimate of drug-likeness (QED) is 0.0710. The van der Waals surface area contributed by atoms with E-state index in [4.69, 9.17) is 14.2 Å². The average molecular weight is 531 g/mol. The molecule has 0 atom stereocenters. The number of esters is 1. The summed E-state index contributed by atoms with van der Waals surface area (Å²) in [5, 5.41) is 8.55. The van der Waals surface area contributed by atoms with E-state index in [1.54, 1.807) is 36.4 Å². The molecular weight excluding hydrogens is 488 g/mol. The van der Waals surface area contributed by atoms with E-state index in [1.807, 2.05) is 36.4 Å². The second-order valence-corrected chi connectivity index (χ2v) is 9.63. The largest absolute Gasteiger partial charge is 0.494 e. The van der Waals surface area contributed by atoms with E-state index >= 15 is 0 Å². The Balaban J connectivity index is 1.40. The van der Waals surface area contributed by atoms with Gasteiger partial charge >= 0.3 is 5.97 Å². The lowest BCUT2D eigenvalue weighted by Crippen LogP contribution is -2.08. The maximum Gasteiger partial charge on any atom is 0.343 e. The molecule has 6 nitrogen and oxygen atoms in total. The van der Waals surface area contributed by atoms with Gasteiger partial charge in [0.15, 0.2) is 0 Å². The van der Waals surface area contributed by atoms with E-state index in [9.17, 15) is 4.79 Å². The topological polar surface area (TPSA) is 69.5 Å². The molecule has 208 valence electrons. The smallest absolute Gasteiger partial charge is 0.343 e. The Labute approximate surface area is 233 Å². The minimum atomic E-state index is -0.417. The van der Waals surface area contributed by atoms with Gasteiger partial charge in [-0.1, -0.05) is 65.2 Å². The highest BCUT2D eigenvalue weighted by atomic mass is 16.5. The van der Waals surface area contributed by atoms with Crippen molar-refractivity contribution in [1.82, 2.24) is 0 Å². The van der Waals surface area contributed by atoms with Crippen LogP contribution < -0.4 is 14.2 Å². The fourth-order valence-corrected chi connectivity index (χ4v) is 3.95. The van der Waals surface area contributed by atoms with E-state index in [0.29, 0.717) is 23.6 Å². The molecule has 0 spiro atoms. The number of hydrogen-bond donors (Lipinski definition) is 0. The van der Waals surface area contributed by atoms with Gasteiger partial charge in [0.2, 0.25) is 0 Å². The second-order valence-electron chi connectivity index (χ2n) is 9.63. The zero-order valence-corrected chi connectivity index (χ0v) is 23.4. The average Bonchev–Trinajstić information content (AvgIpc) is 2.97. The van der Waals surface area contributed by atoms with Crippen LogP contribution in [0.4, 0.5) is 11.4 Å². The maximum absolute atomic E-state index is 12.5. The zero-order chi connectivity index (χ0) is 27.5. The molecule has 39 heavy (non-hydrogen) atoms. The highest BCUT2D eigenvalue weighted by molar-refractivity contribution is 5.91. The Morgan fingerprint density at radius 2 is 0.949 bits per heavy atom. The van der Waals surface area contributed by atoms with Gasteiger partial charge in [-0.3, -0.25) is 0 Å². The first-order chi connectivity index (χ1) is 19.2. The van der Waals surface area contributed by atoms with E-state index in [1.165, 1.54) is 51.4 Å². The van der Waals surface area contributed by atoms with Crippen molar-refractivity contribution in [3.8, 4) is 17.2 Å². The second kappa shape index (κ2) is 17.8. The molecule has 0 saturated heterocycles. The standard InChI is InChI=1S/C33H42N2O4/c1-3-5-7-9-10-12-26-37-30-19-13-27(14-20-30)33(36)39-32-23-17-29(18-24-32)35-34-28-15-21-31(22-16-28)38-25-11-8-6-4-2/h13-24H,3-12,25-26H2,1-2H3. The predicted octanol–water partition coefficient (Wildman–Crippen LogP) is 10.0. The van der Waals surface area contributed by atoms with Crippen LogP contribution in [-0.4, -0.2) is 19.2 Å². The number of unbranched alkanes of at least 4 members (excludes halogenated alkanes) is 8. The number of ether oxygens (including phenoxy) is 3. The van der Waals surface area contributed by atoms with Gasteiger partial charge in [0, 0.05) is 0 Å². The van der Waals surface area contributed by atoms with Crippen LogP contribution in [0.2, 0.25) is 0 Å². The molecule has 0 unspecified atom stereocenters. The van der Waals surface area contributed by atoms with Crippen LogP contribution in [0, 0.1) is 0 Å². The van der Waals surface area contributed by atoms with Crippen molar-refractivity contribution >= 4 is 17.3 Å². The lowest BCUT2D eigenvalue weighted by Gasteiger charge is -2.08. The zero-order valence-electron chi connectivity index (χ0n) is 23.4. The van der Waals surface area contributed by atoms with Gasteiger partial charge in [0.25, 0.3) is 0 Å². The molecule has 0 amide bonds. The highest BCUT2D eigenvalue weighted by Crippen LogP contribution is 2.24. The van der Waals surface area contributed by atoms with Crippen molar-refractivity contribution in [2.24, 2.45) is 10.2 Å². The van der Waals surface area contributed by atoms with Crippen LogP contribution in [-0.2, 0) is 0 Å². The van der Waals surface area contributed by atoms with E-state index in [-0.39, 0.29) is 0 Å². The molecule has 0 aromatic heterocycles. The predicted molar refractivity (Wildman–Crippen MR) is 157 cm³/mol.